The van der Waals surface area contributed by atoms with Gasteiger partial charge in [-0.15, -0.1) is 0 Å². The number of carbonyl (C=O) groups is 4. The zero-order chi connectivity index (χ0) is 27.3. The number of nitrogens with one attached hydrogen (secondary N) is 3. The van der Waals surface area contributed by atoms with Crippen molar-refractivity contribution in [1.82, 2.24) is 20.5 Å². The summed E-state index contributed by atoms with van der Waals surface area (Å²) in [6.07, 6.45) is 5.83. The van der Waals surface area contributed by atoms with E-state index in [-0.39, 0.29) is 53.9 Å². The summed E-state index contributed by atoms with van der Waals surface area (Å²) in [6, 6.07) is 5.76. The van der Waals surface area contributed by atoms with E-state index >= 15 is 0 Å². The molecule has 7 atom stereocenters. The standard InChI is InChI=1S/C29H36N4O6/c1-39-25-8-4-7-20-19(25)12-23(30-20)29(38)33-13-15-5-2-3-6-16(15)26(33)28(37)32-22(24(35)14-34)11-18-17-9-10-21(17)31-27(18)36/h4,7-8,12,15-18,21-22,26,30,34H,2-3,5-6,9-11,13-14H2,1H3,(H,31,36)(H,32,37)/t15-,16-,17+,18+,21+,22-,26-/m0/s1. The Kier molecular flexibility index (Phi) is 6.82. The van der Waals surface area contributed by atoms with Crippen molar-refractivity contribution in [1.29, 1.82) is 0 Å². The molecule has 0 radical (unpaired) electrons. The summed E-state index contributed by atoms with van der Waals surface area (Å²) in [5, 5.41) is 16.3. The molecular weight excluding hydrogens is 500 g/mol. The first-order valence-electron chi connectivity index (χ1n) is 14.1. The van der Waals surface area contributed by atoms with Crippen LogP contribution < -0.4 is 15.4 Å². The summed E-state index contributed by atoms with van der Waals surface area (Å²) >= 11 is 0. The van der Waals surface area contributed by atoms with E-state index in [9.17, 15) is 24.3 Å². The molecule has 3 heterocycles. The summed E-state index contributed by atoms with van der Waals surface area (Å²) < 4.78 is 5.45. The van der Waals surface area contributed by atoms with Gasteiger partial charge in [-0.1, -0.05) is 18.9 Å². The maximum absolute atomic E-state index is 13.9. The number of nitrogens with zero attached hydrogens (tertiary/aromatic N) is 1. The monoisotopic (exact) mass is 536 g/mol. The Balaban J connectivity index is 1.26. The molecule has 1 aromatic heterocycles. The van der Waals surface area contributed by atoms with Crippen LogP contribution in [0.2, 0.25) is 0 Å². The highest BCUT2D eigenvalue weighted by Crippen LogP contribution is 2.43. The number of methoxy groups -OCH3 is 1. The van der Waals surface area contributed by atoms with Gasteiger partial charge in [0.05, 0.1) is 13.2 Å². The molecule has 2 aliphatic carbocycles. The first-order chi connectivity index (χ1) is 18.9. The Morgan fingerprint density at radius 3 is 2.69 bits per heavy atom. The number of aliphatic hydroxyl groups is 1. The van der Waals surface area contributed by atoms with Crippen LogP contribution in [0.15, 0.2) is 24.3 Å². The van der Waals surface area contributed by atoms with Crippen molar-refractivity contribution in [2.75, 3.05) is 20.3 Å². The number of carbonyl (C=O) groups excluding carboxylic acids is 4. The highest BCUT2D eigenvalue weighted by Gasteiger charge is 2.51. The number of benzene rings is 1. The lowest BCUT2D eigenvalue weighted by molar-refractivity contribution is -0.133. The number of hydrogen-bond donors (Lipinski definition) is 4. The van der Waals surface area contributed by atoms with Crippen LogP contribution in [0.4, 0.5) is 0 Å². The number of fused-ring (bicyclic) bond motifs is 3. The minimum atomic E-state index is -0.977. The molecule has 10 nitrogen and oxygen atoms in total. The number of amides is 3. The Bertz CT molecular complexity index is 1310. The third-order valence-electron chi connectivity index (χ3n) is 9.60. The fourth-order valence-corrected chi connectivity index (χ4v) is 7.44. The zero-order valence-electron chi connectivity index (χ0n) is 22.2. The van der Waals surface area contributed by atoms with E-state index in [4.69, 9.17) is 4.74 Å². The SMILES string of the molecule is COc1cccc2[nH]c(C(=O)N3C[C@@H]4CCCC[C@@H]4[C@H]3C(=O)N[C@@H](C[C@H]3C(=O)N[C@@H]4CC[C@@H]43)C(=O)CO)cc12. The van der Waals surface area contributed by atoms with E-state index in [0.29, 0.717) is 18.0 Å². The highest BCUT2D eigenvalue weighted by atomic mass is 16.5. The van der Waals surface area contributed by atoms with Gasteiger partial charge in [0.15, 0.2) is 5.78 Å². The Hall–Kier alpha value is -3.40. The van der Waals surface area contributed by atoms with Crippen LogP contribution in [0.1, 0.15) is 55.4 Å². The van der Waals surface area contributed by atoms with Crippen molar-refractivity contribution in [2.45, 2.75) is 63.1 Å². The molecule has 6 rings (SSSR count). The van der Waals surface area contributed by atoms with Crippen molar-refractivity contribution < 1.29 is 29.0 Å². The number of H-pyrrole nitrogens is 1. The fourth-order valence-electron chi connectivity index (χ4n) is 7.44. The number of Topliss-reactive ketones (excluding diaryl/α,β-unsaturated/α-hetero) is 1. The molecule has 2 saturated heterocycles. The molecule has 4 aliphatic rings. The Morgan fingerprint density at radius 2 is 1.97 bits per heavy atom. The summed E-state index contributed by atoms with van der Waals surface area (Å²) in [6.45, 7) is -0.245. The molecule has 3 amide bonds. The van der Waals surface area contributed by atoms with Crippen molar-refractivity contribution in [3.63, 3.8) is 0 Å². The third kappa shape index (κ3) is 4.48. The Morgan fingerprint density at radius 1 is 1.15 bits per heavy atom. The van der Waals surface area contributed by atoms with Gasteiger partial charge in [0, 0.05) is 29.4 Å². The van der Waals surface area contributed by atoms with Gasteiger partial charge in [-0.05, 0) is 68.1 Å². The molecule has 2 saturated carbocycles. The number of aromatic nitrogens is 1. The van der Waals surface area contributed by atoms with E-state index in [2.05, 4.69) is 15.6 Å². The fraction of sp³-hybridized carbons (Fsp3) is 0.586. The first kappa shape index (κ1) is 25.9. The van der Waals surface area contributed by atoms with Gasteiger partial charge in [-0.2, -0.15) is 0 Å². The quantitative estimate of drug-likeness (QED) is 0.405. The minimum absolute atomic E-state index is 0.00251. The normalized spacial score (nSPS) is 30.2. The number of ketones is 1. The van der Waals surface area contributed by atoms with Crippen molar-refractivity contribution >= 4 is 34.4 Å². The molecular formula is C29H36N4O6. The van der Waals surface area contributed by atoms with Gasteiger partial charge in [-0.3, -0.25) is 19.2 Å². The van der Waals surface area contributed by atoms with Crippen molar-refractivity contribution in [3.05, 3.63) is 30.0 Å². The minimum Gasteiger partial charge on any atom is -0.496 e. The van der Waals surface area contributed by atoms with Gasteiger partial charge >= 0.3 is 0 Å². The summed E-state index contributed by atoms with van der Waals surface area (Å²) in [7, 11) is 1.58. The third-order valence-corrected chi connectivity index (χ3v) is 9.60. The molecule has 0 unspecified atom stereocenters. The lowest BCUT2D eigenvalue weighted by Gasteiger charge is -2.34. The molecule has 208 valence electrons. The summed E-state index contributed by atoms with van der Waals surface area (Å²) in [5.41, 5.74) is 1.15. The maximum atomic E-state index is 13.9. The molecule has 4 N–H and O–H groups in total. The second-order valence-corrected chi connectivity index (χ2v) is 11.6. The molecule has 10 heteroatoms. The average molecular weight is 537 g/mol. The van der Waals surface area contributed by atoms with Crippen molar-refractivity contribution in [3.8, 4) is 5.75 Å². The van der Waals surface area contributed by atoms with Crippen LogP contribution >= 0.6 is 0 Å². The van der Waals surface area contributed by atoms with Crippen LogP contribution in [0.25, 0.3) is 10.9 Å². The second-order valence-electron chi connectivity index (χ2n) is 11.6. The van der Waals surface area contributed by atoms with E-state index in [1.807, 2.05) is 18.2 Å². The molecule has 2 aliphatic heterocycles. The topological polar surface area (TPSA) is 141 Å². The number of aliphatic hydroxyl groups excluding tert-OH is 1. The van der Waals surface area contributed by atoms with Crippen molar-refractivity contribution in [2.24, 2.45) is 23.7 Å². The first-order valence-corrected chi connectivity index (χ1v) is 14.1. The average Bonchev–Trinajstić information content (AvgIpc) is 3.60. The number of rotatable bonds is 8. The lowest BCUT2D eigenvalue weighted by Crippen LogP contribution is -2.54. The lowest BCUT2D eigenvalue weighted by atomic mass is 9.73. The number of aromatic amines is 1. The smallest absolute Gasteiger partial charge is 0.271 e. The Labute approximate surface area is 226 Å². The van der Waals surface area contributed by atoms with Gasteiger partial charge in [-0.25, -0.2) is 0 Å². The molecule has 39 heavy (non-hydrogen) atoms. The number of likely N-dealkylation sites (tertiary alicyclic amines) is 1. The largest absolute Gasteiger partial charge is 0.496 e. The molecule has 2 aromatic rings. The predicted molar refractivity (Wildman–Crippen MR) is 142 cm³/mol. The highest BCUT2D eigenvalue weighted by molar-refractivity contribution is 6.02. The van der Waals surface area contributed by atoms with Crippen LogP contribution in [-0.2, 0) is 14.4 Å². The molecule has 0 spiro atoms. The van der Waals surface area contributed by atoms with E-state index in [1.54, 1.807) is 18.1 Å². The van der Waals surface area contributed by atoms with Gasteiger partial charge in [0.25, 0.3) is 5.91 Å². The second kappa shape index (κ2) is 10.3. The van der Waals surface area contributed by atoms with Crippen LogP contribution in [-0.4, -0.2) is 76.9 Å². The maximum Gasteiger partial charge on any atom is 0.271 e. The molecule has 0 bridgehead atoms. The van der Waals surface area contributed by atoms with Crippen LogP contribution in [0.5, 0.6) is 5.75 Å². The number of hydrogen-bond acceptors (Lipinski definition) is 6. The van der Waals surface area contributed by atoms with E-state index in [1.165, 1.54) is 0 Å². The predicted octanol–water partition coefficient (Wildman–Crippen LogP) is 1.77. The van der Waals surface area contributed by atoms with Crippen LogP contribution in [0, 0.1) is 23.7 Å². The van der Waals surface area contributed by atoms with E-state index < -0.39 is 24.5 Å². The van der Waals surface area contributed by atoms with Gasteiger partial charge in [0.2, 0.25) is 11.8 Å². The molecule has 4 fully saturated rings. The molecule has 1 aromatic carbocycles. The summed E-state index contributed by atoms with van der Waals surface area (Å²) in [4.78, 5) is 57.9. The van der Waals surface area contributed by atoms with Gasteiger partial charge in [0.1, 0.15) is 24.1 Å². The van der Waals surface area contributed by atoms with Crippen LogP contribution in [0.3, 0.4) is 0 Å². The number of ether oxygens (including phenoxy) is 1. The zero-order valence-corrected chi connectivity index (χ0v) is 22.2. The summed E-state index contributed by atoms with van der Waals surface area (Å²) in [5.74, 6) is -0.601. The van der Waals surface area contributed by atoms with E-state index in [0.717, 1.165) is 49.4 Å². The van der Waals surface area contributed by atoms with Gasteiger partial charge < -0.3 is 30.4 Å².